The Balaban J connectivity index is 1.37. The Morgan fingerprint density at radius 1 is 0.605 bits per heavy atom. The van der Waals surface area contributed by atoms with Crippen LogP contribution < -0.4 is 5.32 Å². The van der Waals surface area contributed by atoms with Gasteiger partial charge in [-0.1, -0.05) is 120 Å². The third kappa shape index (κ3) is 4.77. The summed E-state index contributed by atoms with van der Waals surface area (Å²) in [6, 6.07) is 41.4. The van der Waals surface area contributed by atoms with Crippen LogP contribution in [0, 0.1) is 0 Å². The van der Waals surface area contributed by atoms with E-state index in [0.717, 1.165) is 33.4 Å². The lowest BCUT2D eigenvalue weighted by Crippen LogP contribution is -2.38. The van der Waals surface area contributed by atoms with Crippen LogP contribution in [0.2, 0.25) is 10.0 Å². The van der Waals surface area contributed by atoms with Crippen molar-refractivity contribution in [3.05, 3.63) is 179 Å². The molecule has 4 aromatic carbocycles. The van der Waals surface area contributed by atoms with Crippen LogP contribution in [-0.2, 0) is 12.1 Å². The van der Waals surface area contributed by atoms with E-state index in [1.165, 1.54) is 0 Å². The van der Waals surface area contributed by atoms with Gasteiger partial charge in [0.05, 0.1) is 27.8 Å². The van der Waals surface area contributed by atoms with Crippen molar-refractivity contribution in [2.24, 2.45) is 0 Å². The molecule has 0 amide bonds. The van der Waals surface area contributed by atoms with Crippen LogP contribution in [0.25, 0.3) is 10.9 Å². The molecular formula is C36H27Cl2N5. The van der Waals surface area contributed by atoms with Gasteiger partial charge in [0.1, 0.15) is 17.2 Å². The molecule has 43 heavy (non-hydrogen) atoms. The molecule has 7 rings (SSSR count). The minimum absolute atomic E-state index is 0.534. The van der Waals surface area contributed by atoms with Gasteiger partial charge in [0, 0.05) is 30.2 Å². The number of para-hydroxylation sites is 1. The fourth-order valence-electron chi connectivity index (χ4n) is 5.96. The molecule has 0 bridgehead atoms. The Bertz CT molecular complexity index is 1880. The van der Waals surface area contributed by atoms with Gasteiger partial charge in [-0.15, -0.1) is 0 Å². The van der Waals surface area contributed by atoms with Gasteiger partial charge in [-0.3, -0.25) is 0 Å². The summed E-state index contributed by atoms with van der Waals surface area (Å²) in [6.07, 6.45) is 7.83. The summed E-state index contributed by atoms with van der Waals surface area (Å²) in [5.41, 5.74) is 4.45. The first-order valence-electron chi connectivity index (χ1n) is 14.0. The van der Waals surface area contributed by atoms with Gasteiger partial charge in [-0.05, 0) is 41.0 Å². The molecule has 0 aliphatic rings. The number of aromatic nitrogens is 4. The van der Waals surface area contributed by atoms with Crippen LogP contribution in [0.1, 0.15) is 22.5 Å². The van der Waals surface area contributed by atoms with Crippen molar-refractivity contribution in [2.75, 3.05) is 5.32 Å². The van der Waals surface area contributed by atoms with Crippen LogP contribution in [0.15, 0.2) is 146 Å². The summed E-state index contributed by atoms with van der Waals surface area (Å²) in [4.78, 5) is 9.54. The summed E-state index contributed by atoms with van der Waals surface area (Å²) < 4.78 is 4.50. The second kappa shape index (κ2) is 11.4. The van der Waals surface area contributed by atoms with Gasteiger partial charge < -0.3 is 14.5 Å². The van der Waals surface area contributed by atoms with Crippen molar-refractivity contribution >= 4 is 45.6 Å². The fourth-order valence-corrected chi connectivity index (χ4v) is 6.45. The Labute approximate surface area is 260 Å². The number of anilines is 2. The number of nitrogens with zero attached hydrogens (tertiary/aromatic N) is 4. The first-order chi connectivity index (χ1) is 21.2. The molecule has 0 saturated carbocycles. The highest BCUT2D eigenvalue weighted by molar-refractivity contribution is 6.39. The van der Waals surface area contributed by atoms with Gasteiger partial charge in [-0.25, -0.2) is 9.97 Å². The van der Waals surface area contributed by atoms with Gasteiger partial charge in [0.15, 0.2) is 0 Å². The minimum atomic E-state index is -0.645. The normalized spacial score (nSPS) is 11.6. The predicted octanol–water partition coefficient (Wildman–Crippen LogP) is 9.17. The number of hydrogen-bond acceptors (Lipinski definition) is 3. The van der Waals surface area contributed by atoms with E-state index in [1.54, 1.807) is 18.3 Å². The molecule has 0 radical (unpaired) electrons. The van der Waals surface area contributed by atoms with Gasteiger partial charge in [-0.2, -0.15) is 0 Å². The van der Waals surface area contributed by atoms with E-state index in [2.05, 4.69) is 129 Å². The summed E-state index contributed by atoms with van der Waals surface area (Å²) in [5, 5.41) is 5.37. The molecule has 0 saturated heterocycles. The van der Waals surface area contributed by atoms with Crippen molar-refractivity contribution in [1.29, 1.82) is 0 Å². The number of imidazole rings is 1. The van der Waals surface area contributed by atoms with Gasteiger partial charge in [0.25, 0.3) is 0 Å². The molecule has 3 aromatic heterocycles. The number of nitrogens with one attached hydrogen (secondary N) is 1. The zero-order chi connectivity index (χ0) is 29.2. The Morgan fingerprint density at radius 3 is 1.77 bits per heavy atom. The predicted molar refractivity (Wildman–Crippen MR) is 175 cm³/mol. The molecular weight excluding hydrogens is 573 g/mol. The first kappa shape index (κ1) is 27.0. The van der Waals surface area contributed by atoms with E-state index < -0.39 is 5.54 Å². The van der Waals surface area contributed by atoms with Crippen molar-refractivity contribution in [2.45, 2.75) is 12.1 Å². The number of hydrogen-bond donors (Lipinski definition) is 1. The maximum Gasteiger partial charge on any atom is 0.139 e. The number of fused-ring (bicyclic) bond motifs is 1. The molecule has 0 fully saturated rings. The summed E-state index contributed by atoms with van der Waals surface area (Å²) in [7, 11) is 0. The standard InChI is InChI=1S/C36H27Cl2N5/c37-30-17-10-18-31(38)34(30)41-35-29-20-23-42(32(29)19-21-40-35)25-33-39-22-24-43(33)36(26-11-4-1-5-12-26,27-13-6-2-7-14-27)28-15-8-3-9-16-28/h1-24H,25H2,(H,40,41). The van der Waals surface area contributed by atoms with Crippen LogP contribution in [0.4, 0.5) is 11.5 Å². The monoisotopic (exact) mass is 599 g/mol. The van der Waals surface area contributed by atoms with E-state index in [1.807, 2.05) is 18.3 Å². The highest BCUT2D eigenvalue weighted by atomic mass is 35.5. The smallest absolute Gasteiger partial charge is 0.139 e. The molecule has 210 valence electrons. The van der Waals surface area contributed by atoms with Crippen molar-refractivity contribution in [3.63, 3.8) is 0 Å². The van der Waals surface area contributed by atoms with E-state index in [0.29, 0.717) is 28.1 Å². The third-order valence-corrected chi connectivity index (χ3v) is 8.50. The maximum atomic E-state index is 6.45. The van der Waals surface area contributed by atoms with E-state index in [9.17, 15) is 0 Å². The number of halogens is 2. The zero-order valence-corrected chi connectivity index (χ0v) is 24.6. The Kier molecular flexibility index (Phi) is 7.19. The third-order valence-electron chi connectivity index (χ3n) is 7.87. The molecule has 3 heterocycles. The molecule has 5 nitrogen and oxygen atoms in total. The zero-order valence-electron chi connectivity index (χ0n) is 23.1. The molecule has 0 atom stereocenters. The molecule has 0 unspecified atom stereocenters. The number of pyridine rings is 1. The van der Waals surface area contributed by atoms with E-state index >= 15 is 0 Å². The number of rotatable bonds is 8. The molecule has 0 aliphatic heterocycles. The molecule has 7 aromatic rings. The lowest BCUT2D eigenvalue weighted by Gasteiger charge is -2.38. The lowest BCUT2D eigenvalue weighted by atomic mass is 9.76. The first-order valence-corrected chi connectivity index (χ1v) is 14.8. The second-order valence-corrected chi connectivity index (χ2v) is 11.1. The average Bonchev–Trinajstić information content (AvgIpc) is 3.69. The molecule has 0 aliphatic carbocycles. The van der Waals surface area contributed by atoms with Crippen molar-refractivity contribution in [3.8, 4) is 0 Å². The molecule has 0 spiro atoms. The summed E-state index contributed by atoms with van der Waals surface area (Å²) in [6.45, 7) is 0.543. The van der Waals surface area contributed by atoms with Gasteiger partial charge in [0.2, 0.25) is 0 Å². The Morgan fingerprint density at radius 2 is 1.19 bits per heavy atom. The van der Waals surface area contributed by atoms with Crippen molar-refractivity contribution in [1.82, 2.24) is 19.1 Å². The summed E-state index contributed by atoms with van der Waals surface area (Å²) >= 11 is 12.9. The minimum Gasteiger partial charge on any atom is -0.340 e. The molecule has 7 heteroatoms. The van der Waals surface area contributed by atoms with E-state index in [-0.39, 0.29) is 0 Å². The average molecular weight is 601 g/mol. The Hall–Kier alpha value is -4.84. The van der Waals surface area contributed by atoms with E-state index in [4.69, 9.17) is 28.2 Å². The highest BCUT2D eigenvalue weighted by Crippen LogP contribution is 2.42. The van der Waals surface area contributed by atoms with Crippen LogP contribution in [0.3, 0.4) is 0 Å². The maximum absolute atomic E-state index is 6.45. The van der Waals surface area contributed by atoms with Crippen LogP contribution in [0.5, 0.6) is 0 Å². The molecule has 1 N–H and O–H groups in total. The quantitative estimate of drug-likeness (QED) is 0.177. The number of benzene rings is 4. The highest BCUT2D eigenvalue weighted by Gasteiger charge is 2.39. The lowest BCUT2D eigenvalue weighted by molar-refractivity contribution is 0.486. The SMILES string of the molecule is Clc1cccc(Cl)c1Nc1nccc2c1ccn2Cc1nccn1C(c1ccccc1)(c1ccccc1)c1ccccc1. The second-order valence-electron chi connectivity index (χ2n) is 10.3. The van der Waals surface area contributed by atoms with Crippen LogP contribution >= 0.6 is 23.2 Å². The van der Waals surface area contributed by atoms with Crippen LogP contribution in [-0.4, -0.2) is 19.1 Å². The summed E-state index contributed by atoms with van der Waals surface area (Å²) in [5.74, 6) is 1.59. The fraction of sp³-hybridized carbons (Fsp3) is 0.0556. The topological polar surface area (TPSA) is 47.7 Å². The largest absolute Gasteiger partial charge is 0.340 e. The van der Waals surface area contributed by atoms with Gasteiger partial charge >= 0.3 is 0 Å². The van der Waals surface area contributed by atoms with Crippen molar-refractivity contribution < 1.29 is 0 Å².